The van der Waals surface area contributed by atoms with E-state index in [1.165, 1.54) is 0 Å². The summed E-state index contributed by atoms with van der Waals surface area (Å²) in [6.45, 7) is 1.19. The molecule has 10 nitrogen and oxygen atoms in total. The number of aromatic nitrogens is 4. The van der Waals surface area contributed by atoms with Crippen LogP contribution in [0, 0.1) is 0 Å². The number of benzene rings is 2. The fourth-order valence-corrected chi connectivity index (χ4v) is 5.78. The Balaban J connectivity index is 1.52. The molecule has 0 amide bonds. The lowest BCUT2D eigenvalue weighted by atomic mass is 10.1. The third-order valence-electron chi connectivity index (χ3n) is 5.24. The average molecular weight is 514 g/mol. The molecule has 0 aliphatic rings. The highest BCUT2D eigenvalue weighted by atomic mass is 31.2. The predicted molar refractivity (Wildman–Crippen MR) is 140 cm³/mol. The molecule has 4 aromatic rings. The van der Waals surface area contributed by atoms with E-state index in [2.05, 4.69) is 20.6 Å². The number of anilines is 3. The van der Waals surface area contributed by atoms with E-state index in [0.29, 0.717) is 48.6 Å². The summed E-state index contributed by atoms with van der Waals surface area (Å²) in [5.41, 5.74) is 3.32. The van der Waals surface area contributed by atoms with E-state index in [0.717, 1.165) is 17.7 Å². The molecule has 0 aliphatic carbocycles. The highest BCUT2D eigenvalue weighted by Gasteiger charge is 2.15. The third kappa shape index (κ3) is 7.31. The largest absolute Gasteiger partial charge is 0.508 e. The molecule has 4 rings (SSSR count). The highest BCUT2D eigenvalue weighted by molar-refractivity contribution is 7.66. The number of phenolic OH excluding ortho intramolecular Hbond substituents is 1. The van der Waals surface area contributed by atoms with Gasteiger partial charge in [0.1, 0.15) is 5.75 Å². The molecule has 1 atom stereocenters. The minimum Gasteiger partial charge on any atom is -0.508 e. The molecular weight excluding hydrogens is 486 g/mol. The molecule has 12 heteroatoms. The van der Waals surface area contributed by atoms with Crippen LogP contribution in [0.4, 0.5) is 17.5 Å². The fourth-order valence-electron chi connectivity index (χ4n) is 3.52. The molecule has 184 valence electrons. The molecular formula is C23H28N6O4P2. The number of imidazole rings is 1. The van der Waals surface area contributed by atoms with Gasteiger partial charge in [0.15, 0.2) is 25.4 Å². The van der Waals surface area contributed by atoms with E-state index in [9.17, 15) is 10.00 Å². The van der Waals surface area contributed by atoms with Gasteiger partial charge in [-0.3, -0.25) is 0 Å². The van der Waals surface area contributed by atoms with E-state index >= 15 is 0 Å². The second-order valence-corrected chi connectivity index (χ2v) is 11.3. The molecule has 0 spiro atoms. The molecule has 0 radical (unpaired) electrons. The lowest BCUT2D eigenvalue weighted by molar-refractivity contribution is 0.475. The first-order valence-electron chi connectivity index (χ1n) is 11.1. The second kappa shape index (κ2) is 12.2. The topological polar surface area (TPSA) is 149 Å². The zero-order chi connectivity index (χ0) is 24.6. The van der Waals surface area contributed by atoms with Crippen molar-refractivity contribution in [3.63, 3.8) is 0 Å². The number of nitrogens with one attached hydrogen (secondary N) is 2. The summed E-state index contributed by atoms with van der Waals surface area (Å²) in [5, 5.41) is 16.1. The van der Waals surface area contributed by atoms with Crippen LogP contribution in [-0.2, 0) is 13.0 Å². The smallest absolute Gasteiger partial charge is 0.226 e. The lowest BCUT2D eigenvalue weighted by Gasteiger charge is -2.12. The monoisotopic (exact) mass is 514 g/mol. The first-order chi connectivity index (χ1) is 17.0. The van der Waals surface area contributed by atoms with Gasteiger partial charge >= 0.3 is 0 Å². The van der Waals surface area contributed by atoms with Gasteiger partial charge in [-0.2, -0.15) is 9.97 Å². The van der Waals surface area contributed by atoms with Crippen molar-refractivity contribution in [1.82, 2.24) is 19.5 Å². The standard InChI is InChI=1S/C23H28N6O4P2/c30-19-9-7-17(8-10-19)11-13-29-15-25-20-21(26-18-5-2-1-3-6-18)27-23(28-22(20)29)24-12-4-14-34(31)16-35(32)33/h1-3,5-10,15,30-33H,4,11-14,16H2,(H2,24,26,27,28). The van der Waals surface area contributed by atoms with Crippen molar-refractivity contribution in [2.24, 2.45) is 0 Å². The van der Waals surface area contributed by atoms with Crippen LogP contribution >= 0.6 is 16.5 Å². The highest BCUT2D eigenvalue weighted by Crippen LogP contribution is 2.43. The first kappa shape index (κ1) is 25.2. The van der Waals surface area contributed by atoms with Crippen molar-refractivity contribution in [3.8, 4) is 5.75 Å². The van der Waals surface area contributed by atoms with Gasteiger partial charge in [-0.05, 0) is 48.8 Å². The molecule has 2 aromatic carbocycles. The molecule has 2 aromatic heterocycles. The van der Waals surface area contributed by atoms with Crippen molar-refractivity contribution in [2.45, 2.75) is 19.4 Å². The van der Waals surface area contributed by atoms with Crippen LogP contribution in [0.1, 0.15) is 12.0 Å². The van der Waals surface area contributed by atoms with Gasteiger partial charge in [0.2, 0.25) is 5.95 Å². The number of phenols is 1. The number of hydrogen-bond acceptors (Lipinski definition) is 9. The summed E-state index contributed by atoms with van der Waals surface area (Å²) >= 11 is 0. The van der Waals surface area contributed by atoms with Crippen molar-refractivity contribution < 1.29 is 19.8 Å². The molecule has 0 saturated carbocycles. The molecule has 35 heavy (non-hydrogen) atoms. The van der Waals surface area contributed by atoms with Crippen LogP contribution < -0.4 is 10.6 Å². The van der Waals surface area contributed by atoms with Gasteiger partial charge in [-0.1, -0.05) is 30.3 Å². The number of para-hydroxylation sites is 1. The van der Waals surface area contributed by atoms with E-state index in [-0.39, 0.29) is 11.7 Å². The zero-order valence-electron chi connectivity index (χ0n) is 19.0. The summed E-state index contributed by atoms with van der Waals surface area (Å²) in [6, 6.07) is 16.9. The Morgan fingerprint density at radius 3 is 2.46 bits per heavy atom. The van der Waals surface area contributed by atoms with Crippen LogP contribution in [0.2, 0.25) is 0 Å². The van der Waals surface area contributed by atoms with Gasteiger partial charge in [-0.15, -0.1) is 0 Å². The number of aryl methyl sites for hydroxylation is 2. The Morgan fingerprint density at radius 1 is 0.943 bits per heavy atom. The number of nitrogens with zero attached hydrogens (tertiary/aromatic N) is 4. The molecule has 0 saturated heterocycles. The Morgan fingerprint density at radius 2 is 1.71 bits per heavy atom. The maximum Gasteiger partial charge on any atom is 0.226 e. The van der Waals surface area contributed by atoms with Crippen molar-refractivity contribution >= 4 is 45.1 Å². The molecule has 0 bridgehead atoms. The van der Waals surface area contributed by atoms with Crippen LogP contribution in [-0.4, -0.2) is 57.9 Å². The summed E-state index contributed by atoms with van der Waals surface area (Å²) in [4.78, 5) is 41.9. The summed E-state index contributed by atoms with van der Waals surface area (Å²) in [6.07, 6.45) is 3.65. The summed E-state index contributed by atoms with van der Waals surface area (Å²) in [7, 11) is -3.46. The Labute approximate surface area is 205 Å². The molecule has 6 N–H and O–H groups in total. The van der Waals surface area contributed by atoms with Crippen molar-refractivity contribution in [2.75, 3.05) is 29.2 Å². The van der Waals surface area contributed by atoms with Gasteiger partial charge in [0.25, 0.3) is 0 Å². The van der Waals surface area contributed by atoms with Gasteiger partial charge in [-0.25, -0.2) is 4.98 Å². The van der Waals surface area contributed by atoms with Crippen molar-refractivity contribution in [3.05, 3.63) is 66.5 Å². The minimum atomic E-state index is -2.07. The van der Waals surface area contributed by atoms with E-state index < -0.39 is 16.5 Å². The second-order valence-electron chi connectivity index (χ2n) is 7.94. The van der Waals surface area contributed by atoms with E-state index in [1.807, 2.05) is 47.0 Å². The first-order valence-corrected chi connectivity index (χ1v) is 14.2. The van der Waals surface area contributed by atoms with Crippen LogP contribution in [0.3, 0.4) is 0 Å². The zero-order valence-corrected chi connectivity index (χ0v) is 20.8. The summed E-state index contributed by atoms with van der Waals surface area (Å²) in [5.74, 6) is 1.32. The Bertz CT molecular complexity index is 1220. The molecule has 1 unspecified atom stereocenters. The lowest BCUT2D eigenvalue weighted by Crippen LogP contribution is -2.10. The molecule has 0 fully saturated rings. The third-order valence-corrected chi connectivity index (χ3v) is 8.39. The molecule has 2 heterocycles. The van der Waals surface area contributed by atoms with Gasteiger partial charge in [0.05, 0.1) is 12.2 Å². The predicted octanol–water partition coefficient (Wildman–Crippen LogP) is 3.96. The maximum atomic E-state index is 9.91. The number of aromatic hydroxyl groups is 1. The quantitative estimate of drug-likeness (QED) is 0.122. The Hall–Kier alpha value is -2.87. The van der Waals surface area contributed by atoms with E-state index in [1.54, 1.807) is 18.5 Å². The van der Waals surface area contributed by atoms with Gasteiger partial charge in [0, 0.05) is 26.9 Å². The summed E-state index contributed by atoms with van der Waals surface area (Å²) < 4.78 is 1.98. The number of hydrogen-bond donors (Lipinski definition) is 6. The number of fused-ring (bicyclic) bond motifs is 1. The van der Waals surface area contributed by atoms with Crippen LogP contribution in [0.5, 0.6) is 5.75 Å². The maximum absolute atomic E-state index is 9.91. The Kier molecular flexibility index (Phi) is 8.79. The average Bonchev–Trinajstić information content (AvgIpc) is 3.25. The van der Waals surface area contributed by atoms with Crippen LogP contribution in [0.15, 0.2) is 60.9 Å². The van der Waals surface area contributed by atoms with Crippen LogP contribution in [0.25, 0.3) is 11.2 Å². The minimum absolute atomic E-state index is 0.0541. The SMILES string of the molecule is Oc1ccc(CCn2cnc3c(Nc4ccccc4)nc(NCCCP(O)CP(O)O)nc32)cc1. The van der Waals surface area contributed by atoms with E-state index in [4.69, 9.17) is 14.8 Å². The van der Waals surface area contributed by atoms with Crippen molar-refractivity contribution in [1.29, 1.82) is 0 Å². The molecule has 0 aliphatic heterocycles. The van der Waals surface area contributed by atoms with Gasteiger partial charge < -0.3 is 35.0 Å². The number of rotatable bonds is 12. The normalized spacial score (nSPS) is 12.2. The fraction of sp³-hybridized carbons (Fsp3) is 0.261.